The van der Waals surface area contributed by atoms with E-state index in [-0.39, 0.29) is 0 Å². The molecule has 0 bridgehead atoms. The van der Waals surface area contributed by atoms with Gasteiger partial charge in [-0.2, -0.15) is 0 Å². The quantitative estimate of drug-likeness (QED) is 0.779. The number of benzene rings is 1. The van der Waals surface area contributed by atoms with Gasteiger partial charge in [0.15, 0.2) is 0 Å². The number of hydrogen-bond acceptors (Lipinski definition) is 1. The van der Waals surface area contributed by atoms with Gasteiger partial charge in [-0.25, -0.2) is 0 Å². The number of aromatic amines is 1. The maximum atomic E-state index is 3.28. The van der Waals surface area contributed by atoms with Gasteiger partial charge in [-0.15, -0.1) is 0 Å². The molecule has 2 rings (SSSR count). The van der Waals surface area contributed by atoms with Crippen LogP contribution in [-0.2, 0) is 0 Å². The largest absolute Gasteiger partial charge is 0.364 e. The molecule has 78 valence electrons. The summed E-state index contributed by atoms with van der Waals surface area (Å²) in [6.07, 6.45) is 1.97. The minimum absolute atomic E-state index is 0.409. The Morgan fingerprint density at radius 2 is 1.93 bits per heavy atom. The highest BCUT2D eigenvalue weighted by atomic mass is 14.8. The van der Waals surface area contributed by atoms with Crippen LogP contribution in [0.5, 0.6) is 0 Å². The Hall–Kier alpha value is -1.54. The Balaban J connectivity index is 2.28. The first-order valence-corrected chi connectivity index (χ1v) is 5.24. The molecule has 2 nitrogen and oxygen atoms in total. The average molecular weight is 200 g/mol. The summed E-state index contributed by atoms with van der Waals surface area (Å²) in [5.41, 5.74) is 2.60. The second-order valence-corrected chi connectivity index (χ2v) is 3.65. The Bertz CT molecular complexity index is 378. The van der Waals surface area contributed by atoms with Crippen LogP contribution in [0.2, 0.25) is 0 Å². The highest BCUT2D eigenvalue weighted by Gasteiger charge is 2.12. The van der Waals surface area contributed by atoms with Crippen LogP contribution in [0.25, 0.3) is 0 Å². The molecule has 0 saturated carbocycles. The molecule has 1 atom stereocenters. The first-order valence-electron chi connectivity index (χ1n) is 5.24. The van der Waals surface area contributed by atoms with Crippen LogP contribution >= 0.6 is 0 Å². The molecule has 2 aromatic rings. The van der Waals surface area contributed by atoms with E-state index in [1.807, 2.05) is 19.3 Å². The minimum atomic E-state index is 0.409. The van der Waals surface area contributed by atoms with Crippen LogP contribution in [0.1, 0.15) is 17.2 Å². The predicted octanol–water partition coefficient (Wildman–Crippen LogP) is 2.37. The molecule has 0 aliphatic heterocycles. The van der Waals surface area contributed by atoms with E-state index in [4.69, 9.17) is 0 Å². The second-order valence-electron chi connectivity index (χ2n) is 3.65. The van der Waals surface area contributed by atoms with Crippen molar-refractivity contribution in [1.29, 1.82) is 0 Å². The van der Waals surface area contributed by atoms with Crippen molar-refractivity contribution >= 4 is 0 Å². The highest BCUT2D eigenvalue weighted by Crippen LogP contribution is 2.21. The molecule has 0 fully saturated rings. The first kappa shape index (κ1) is 9.99. The third-order valence-corrected chi connectivity index (χ3v) is 2.61. The van der Waals surface area contributed by atoms with Gasteiger partial charge in [-0.05, 0) is 24.7 Å². The van der Waals surface area contributed by atoms with Gasteiger partial charge in [0.05, 0.1) is 0 Å². The van der Waals surface area contributed by atoms with Gasteiger partial charge in [0.1, 0.15) is 0 Å². The Morgan fingerprint density at radius 3 is 2.53 bits per heavy atom. The van der Waals surface area contributed by atoms with Gasteiger partial charge in [-0.1, -0.05) is 30.3 Å². The lowest BCUT2D eigenvalue weighted by molar-refractivity contribution is 0.695. The average Bonchev–Trinajstić information content (AvgIpc) is 2.80. The normalized spacial score (nSPS) is 12.6. The van der Waals surface area contributed by atoms with Crippen LogP contribution in [0.4, 0.5) is 0 Å². The van der Waals surface area contributed by atoms with E-state index in [1.165, 1.54) is 11.3 Å². The van der Waals surface area contributed by atoms with Crippen molar-refractivity contribution < 1.29 is 0 Å². The maximum Gasteiger partial charge on any atom is 0.0365 e. The van der Waals surface area contributed by atoms with Crippen LogP contribution in [0, 0.1) is 0 Å². The molecule has 0 saturated heterocycles. The molecular formula is C13H16N2. The standard InChI is InChI=1S/C13H16N2/c1-14-10-12(13-8-5-9-15-13)11-6-3-2-4-7-11/h2-9,12,14-15H,10H2,1H3. The number of rotatable bonds is 4. The number of hydrogen-bond donors (Lipinski definition) is 2. The lowest BCUT2D eigenvalue weighted by Gasteiger charge is -2.15. The van der Waals surface area contributed by atoms with Gasteiger partial charge >= 0.3 is 0 Å². The van der Waals surface area contributed by atoms with Gasteiger partial charge in [0.2, 0.25) is 0 Å². The molecule has 0 spiro atoms. The van der Waals surface area contributed by atoms with Crippen molar-refractivity contribution in [3.8, 4) is 0 Å². The molecule has 0 aliphatic rings. The summed E-state index contributed by atoms with van der Waals surface area (Å²) in [7, 11) is 1.98. The van der Waals surface area contributed by atoms with Crippen LogP contribution in [0.3, 0.4) is 0 Å². The molecule has 0 aliphatic carbocycles. The first-order chi connectivity index (χ1) is 7.42. The van der Waals surface area contributed by atoms with Gasteiger partial charge in [0.25, 0.3) is 0 Å². The summed E-state index contributed by atoms with van der Waals surface area (Å²) >= 11 is 0. The van der Waals surface area contributed by atoms with Crippen molar-refractivity contribution in [3.63, 3.8) is 0 Å². The maximum absolute atomic E-state index is 3.28. The van der Waals surface area contributed by atoms with Gasteiger partial charge in [-0.3, -0.25) is 0 Å². The Kier molecular flexibility index (Phi) is 3.20. The Morgan fingerprint density at radius 1 is 1.13 bits per heavy atom. The molecular weight excluding hydrogens is 184 g/mol. The minimum Gasteiger partial charge on any atom is -0.364 e. The van der Waals surface area contributed by atoms with Crippen LogP contribution in [-0.4, -0.2) is 18.6 Å². The third-order valence-electron chi connectivity index (χ3n) is 2.61. The van der Waals surface area contributed by atoms with Gasteiger partial charge in [0, 0.05) is 24.4 Å². The van der Waals surface area contributed by atoms with E-state index in [0.717, 1.165) is 6.54 Å². The predicted molar refractivity (Wildman–Crippen MR) is 63.0 cm³/mol. The van der Waals surface area contributed by atoms with Crippen molar-refractivity contribution in [3.05, 3.63) is 59.9 Å². The van der Waals surface area contributed by atoms with Crippen molar-refractivity contribution in [2.45, 2.75) is 5.92 Å². The molecule has 1 heterocycles. The molecule has 0 amide bonds. The van der Waals surface area contributed by atoms with Crippen molar-refractivity contribution in [2.75, 3.05) is 13.6 Å². The summed E-state index contributed by atoms with van der Waals surface area (Å²) in [5.74, 6) is 0.409. The fourth-order valence-corrected chi connectivity index (χ4v) is 1.86. The molecule has 1 unspecified atom stereocenters. The number of aromatic nitrogens is 1. The highest BCUT2D eigenvalue weighted by molar-refractivity contribution is 5.29. The molecule has 0 radical (unpaired) electrons. The van der Waals surface area contributed by atoms with Gasteiger partial charge < -0.3 is 10.3 Å². The molecule has 1 aromatic heterocycles. The van der Waals surface area contributed by atoms with E-state index in [2.05, 4.69) is 46.7 Å². The number of likely N-dealkylation sites (N-methyl/N-ethyl adjacent to an activating group) is 1. The topological polar surface area (TPSA) is 27.8 Å². The monoisotopic (exact) mass is 200 g/mol. The number of H-pyrrole nitrogens is 1. The smallest absolute Gasteiger partial charge is 0.0365 e. The van der Waals surface area contributed by atoms with E-state index >= 15 is 0 Å². The van der Waals surface area contributed by atoms with Crippen molar-refractivity contribution in [2.24, 2.45) is 0 Å². The van der Waals surface area contributed by atoms with E-state index in [9.17, 15) is 0 Å². The SMILES string of the molecule is CNCC(c1ccccc1)c1ccc[nH]1. The summed E-state index contributed by atoms with van der Waals surface area (Å²) in [6, 6.07) is 14.7. The molecule has 2 heteroatoms. The summed E-state index contributed by atoms with van der Waals surface area (Å²) in [6.45, 7) is 0.949. The lowest BCUT2D eigenvalue weighted by Crippen LogP contribution is -2.18. The summed E-state index contributed by atoms with van der Waals surface area (Å²) < 4.78 is 0. The molecule has 1 aromatic carbocycles. The van der Waals surface area contributed by atoms with Crippen LogP contribution in [0.15, 0.2) is 48.7 Å². The fraction of sp³-hybridized carbons (Fsp3) is 0.231. The third kappa shape index (κ3) is 2.28. The number of nitrogens with one attached hydrogen (secondary N) is 2. The van der Waals surface area contributed by atoms with Crippen LogP contribution < -0.4 is 5.32 Å². The summed E-state index contributed by atoms with van der Waals surface area (Å²) in [5, 5.41) is 3.23. The Labute approximate surface area is 90.3 Å². The second kappa shape index (κ2) is 4.80. The molecule has 15 heavy (non-hydrogen) atoms. The fourth-order valence-electron chi connectivity index (χ4n) is 1.86. The zero-order chi connectivity index (χ0) is 10.5. The zero-order valence-electron chi connectivity index (χ0n) is 8.90. The summed E-state index contributed by atoms with van der Waals surface area (Å²) in [4.78, 5) is 3.28. The van der Waals surface area contributed by atoms with E-state index in [0.29, 0.717) is 5.92 Å². The van der Waals surface area contributed by atoms with E-state index in [1.54, 1.807) is 0 Å². The zero-order valence-corrected chi connectivity index (χ0v) is 8.90. The van der Waals surface area contributed by atoms with Crippen molar-refractivity contribution in [1.82, 2.24) is 10.3 Å². The molecule has 2 N–H and O–H groups in total. The lowest BCUT2D eigenvalue weighted by atomic mass is 9.96. The van der Waals surface area contributed by atoms with E-state index < -0.39 is 0 Å².